The van der Waals surface area contributed by atoms with E-state index < -0.39 is 0 Å². The van der Waals surface area contributed by atoms with Gasteiger partial charge in [-0.05, 0) is 24.7 Å². The Morgan fingerprint density at radius 1 is 1.33 bits per heavy atom. The highest BCUT2D eigenvalue weighted by atomic mass is 35.5. The number of halogens is 3. The molecule has 0 spiro atoms. The van der Waals surface area contributed by atoms with Gasteiger partial charge < -0.3 is 10.2 Å². The van der Waals surface area contributed by atoms with E-state index in [1.54, 1.807) is 24.1 Å². The number of benzene rings is 1. The Morgan fingerprint density at radius 3 is 2.56 bits per heavy atom. The summed E-state index contributed by atoms with van der Waals surface area (Å²) in [4.78, 5) is 13.4. The van der Waals surface area contributed by atoms with E-state index in [2.05, 4.69) is 5.32 Å². The van der Waals surface area contributed by atoms with Crippen LogP contribution in [0.1, 0.15) is 12.0 Å². The first kappa shape index (κ1) is 17.5. The van der Waals surface area contributed by atoms with E-state index >= 15 is 0 Å². The molecule has 0 bridgehead atoms. The monoisotopic (exact) mass is 310 g/mol. The number of nitrogens with zero attached hydrogens (tertiary/aromatic N) is 1. The van der Waals surface area contributed by atoms with E-state index in [1.807, 2.05) is 13.1 Å². The zero-order chi connectivity index (χ0) is 12.8. The summed E-state index contributed by atoms with van der Waals surface area (Å²) in [6, 6.07) is 5.40. The molecule has 0 heterocycles. The molecule has 0 saturated heterocycles. The molecule has 1 aromatic rings. The molecule has 3 nitrogen and oxygen atoms in total. The fourth-order valence-corrected chi connectivity index (χ4v) is 1.74. The second-order valence-electron chi connectivity index (χ2n) is 3.85. The number of nitrogens with one attached hydrogen (secondary N) is 1. The van der Waals surface area contributed by atoms with Crippen LogP contribution in [0, 0.1) is 0 Å². The maximum absolute atomic E-state index is 11.7. The molecule has 0 aromatic heterocycles. The second-order valence-corrected chi connectivity index (χ2v) is 4.67. The summed E-state index contributed by atoms with van der Waals surface area (Å²) < 4.78 is 0. The number of amides is 1. The van der Waals surface area contributed by atoms with Gasteiger partial charge in [-0.25, -0.2) is 0 Å². The zero-order valence-corrected chi connectivity index (χ0v) is 12.7. The molecule has 1 amide bonds. The van der Waals surface area contributed by atoms with E-state index in [0.717, 1.165) is 5.56 Å². The van der Waals surface area contributed by atoms with Gasteiger partial charge in [0.05, 0.1) is 10.0 Å². The SMILES string of the molecule is CNCCC(=O)N(C)Cc1ccc(Cl)c(Cl)c1.Cl. The molecule has 0 aliphatic heterocycles. The Labute approximate surface area is 124 Å². The van der Waals surface area contributed by atoms with Gasteiger partial charge in [-0.15, -0.1) is 12.4 Å². The largest absolute Gasteiger partial charge is 0.341 e. The van der Waals surface area contributed by atoms with Crippen LogP contribution < -0.4 is 5.32 Å². The molecule has 6 heteroatoms. The van der Waals surface area contributed by atoms with Crippen LogP contribution in [0.25, 0.3) is 0 Å². The van der Waals surface area contributed by atoms with Gasteiger partial charge in [-0.1, -0.05) is 29.3 Å². The lowest BCUT2D eigenvalue weighted by Crippen LogP contribution is -2.28. The van der Waals surface area contributed by atoms with Crippen LogP contribution in [-0.2, 0) is 11.3 Å². The van der Waals surface area contributed by atoms with Crippen molar-refractivity contribution >= 4 is 41.5 Å². The van der Waals surface area contributed by atoms with Crippen molar-refractivity contribution in [2.24, 2.45) is 0 Å². The first-order chi connectivity index (χ1) is 8.04. The van der Waals surface area contributed by atoms with Gasteiger partial charge in [0.15, 0.2) is 0 Å². The minimum atomic E-state index is 0. The van der Waals surface area contributed by atoms with Crippen LogP contribution in [0.15, 0.2) is 18.2 Å². The molecule has 1 N–H and O–H groups in total. The van der Waals surface area contributed by atoms with E-state index in [4.69, 9.17) is 23.2 Å². The van der Waals surface area contributed by atoms with Gasteiger partial charge in [0.2, 0.25) is 5.91 Å². The molecule has 0 fully saturated rings. The number of carbonyl (C=O) groups is 1. The third-order valence-electron chi connectivity index (χ3n) is 2.42. The predicted molar refractivity (Wildman–Crippen MR) is 78.7 cm³/mol. The third kappa shape index (κ3) is 5.44. The molecule has 0 aliphatic rings. The van der Waals surface area contributed by atoms with E-state index in [0.29, 0.717) is 29.6 Å². The molecule has 0 radical (unpaired) electrons. The summed E-state index contributed by atoms with van der Waals surface area (Å²) in [6.07, 6.45) is 0.494. The summed E-state index contributed by atoms with van der Waals surface area (Å²) in [7, 11) is 3.60. The van der Waals surface area contributed by atoms with Crippen LogP contribution in [0.5, 0.6) is 0 Å². The van der Waals surface area contributed by atoms with Crippen molar-refractivity contribution in [1.29, 1.82) is 0 Å². The summed E-state index contributed by atoms with van der Waals surface area (Å²) >= 11 is 11.7. The van der Waals surface area contributed by atoms with Gasteiger partial charge in [-0.2, -0.15) is 0 Å². The summed E-state index contributed by atoms with van der Waals surface area (Å²) in [6.45, 7) is 1.23. The van der Waals surface area contributed by atoms with Crippen LogP contribution in [0.3, 0.4) is 0 Å². The van der Waals surface area contributed by atoms with Crippen LogP contribution >= 0.6 is 35.6 Å². The highest BCUT2D eigenvalue weighted by Gasteiger charge is 2.09. The lowest BCUT2D eigenvalue weighted by molar-refractivity contribution is -0.130. The first-order valence-electron chi connectivity index (χ1n) is 5.37. The minimum Gasteiger partial charge on any atom is -0.341 e. The number of rotatable bonds is 5. The molecule has 1 rings (SSSR count). The van der Waals surface area contributed by atoms with Gasteiger partial charge in [0, 0.05) is 26.6 Å². The average molecular weight is 312 g/mol. The van der Waals surface area contributed by atoms with Crippen molar-refractivity contribution in [2.45, 2.75) is 13.0 Å². The van der Waals surface area contributed by atoms with E-state index in [9.17, 15) is 4.79 Å². The smallest absolute Gasteiger partial charge is 0.223 e. The molecule has 18 heavy (non-hydrogen) atoms. The molecular weight excluding hydrogens is 295 g/mol. The maximum Gasteiger partial charge on any atom is 0.223 e. The van der Waals surface area contributed by atoms with Gasteiger partial charge in [0.25, 0.3) is 0 Å². The molecule has 102 valence electrons. The van der Waals surface area contributed by atoms with Crippen LogP contribution in [0.4, 0.5) is 0 Å². The number of carbonyl (C=O) groups excluding carboxylic acids is 1. The van der Waals surface area contributed by atoms with Crippen molar-refractivity contribution in [3.8, 4) is 0 Å². The van der Waals surface area contributed by atoms with Crippen molar-refractivity contribution in [3.63, 3.8) is 0 Å². The molecule has 0 unspecified atom stereocenters. The Bertz CT molecular complexity index is 399. The Kier molecular flexibility index (Phi) is 8.36. The van der Waals surface area contributed by atoms with Crippen LogP contribution in [-0.4, -0.2) is 31.4 Å². The molecular formula is C12H17Cl3N2O. The zero-order valence-electron chi connectivity index (χ0n) is 10.4. The van der Waals surface area contributed by atoms with Crippen molar-refractivity contribution in [3.05, 3.63) is 33.8 Å². The Balaban J connectivity index is 0.00000289. The fourth-order valence-electron chi connectivity index (χ4n) is 1.42. The van der Waals surface area contributed by atoms with Crippen molar-refractivity contribution in [2.75, 3.05) is 20.6 Å². The lowest BCUT2D eigenvalue weighted by atomic mass is 10.2. The second kappa shape index (κ2) is 8.59. The van der Waals surface area contributed by atoms with E-state index in [-0.39, 0.29) is 18.3 Å². The fraction of sp³-hybridized carbons (Fsp3) is 0.417. The molecule has 1 aromatic carbocycles. The summed E-state index contributed by atoms with van der Waals surface area (Å²) in [5.74, 6) is 0.102. The Morgan fingerprint density at radius 2 is 2.00 bits per heavy atom. The summed E-state index contributed by atoms with van der Waals surface area (Å²) in [5, 5.41) is 3.99. The lowest BCUT2D eigenvalue weighted by Gasteiger charge is -2.17. The van der Waals surface area contributed by atoms with Crippen molar-refractivity contribution in [1.82, 2.24) is 10.2 Å². The highest BCUT2D eigenvalue weighted by molar-refractivity contribution is 6.42. The molecule has 0 atom stereocenters. The molecule has 0 aliphatic carbocycles. The van der Waals surface area contributed by atoms with E-state index in [1.165, 1.54) is 0 Å². The Hall–Kier alpha value is -0.480. The topological polar surface area (TPSA) is 32.3 Å². The van der Waals surface area contributed by atoms with Gasteiger partial charge in [0.1, 0.15) is 0 Å². The average Bonchev–Trinajstić information content (AvgIpc) is 2.30. The number of hydrogen-bond acceptors (Lipinski definition) is 2. The first-order valence-corrected chi connectivity index (χ1v) is 6.12. The van der Waals surface area contributed by atoms with Crippen molar-refractivity contribution < 1.29 is 4.79 Å². The van der Waals surface area contributed by atoms with Gasteiger partial charge in [-0.3, -0.25) is 4.79 Å². The van der Waals surface area contributed by atoms with Gasteiger partial charge >= 0.3 is 0 Å². The quantitative estimate of drug-likeness (QED) is 0.906. The molecule has 0 saturated carbocycles. The standard InChI is InChI=1S/C12H16Cl2N2O.ClH/c1-15-6-5-12(17)16(2)8-9-3-4-10(13)11(14)7-9;/h3-4,7,15H,5-6,8H2,1-2H3;1H. The minimum absolute atomic E-state index is 0. The highest BCUT2D eigenvalue weighted by Crippen LogP contribution is 2.23. The maximum atomic E-state index is 11.7. The number of hydrogen-bond donors (Lipinski definition) is 1. The van der Waals surface area contributed by atoms with Crippen LogP contribution in [0.2, 0.25) is 10.0 Å². The summed E-state index contributed by atoms with van der Waals surface area (Å²) in [5.41, 5.74) is 0.972. The predicted octanol–water partition coefficient (Wildman–Crippen LogP) is 2.98. The third-order valence-corrected chi connectivity index (χ3v) is 3.16. The normalized spacial score (nSPS) is 9.78.